The Morgan fingerprint density at radius 1 is 1.41 bits per heavy atom. The van der Waals surface area contributed by atoms with Crippen molar-refractivity contribution >= 4 is 17.7 Å². The van der Waals surface area contributed by atoms with Crippen molar-refractivity contribution in [3.63, 3.8) is 0 Å². The van der Waals surface area contributed by atoms with Crippen LogP contribution in [-0.2, 0) is 17.8 Å². The number of carbonyl (C=O) groups excluding carboxylic acids is 1. The molecule has 0 aliphatic heterocycles. The maximum absolute atomic E-state index is 12.3. The number of benzene rings is 1. The fourth-order valence-corrected chi connectivity index (χ4v) is 2.44. The first-order chi connectivity index (χ1) is 10.4. The van der Waals surface area contributed by atoms with E-state index in [-0.39, 0.29) is 23.3 Å². The number of carbonyl (C=O) groups is 1. The molecule has 1 heterocycles. The first kappa shape index (κ1) is 16.4. The summed E-state index contributed by atoms with van der Waals surface area (Å²) in [7, 11) is 0. The van der Waals surface area contributed by atoms with Crippen molar-refractivity contribution < 1.29 is 22.7 Å². The van der Waals surface area contributed by atoms with Crippen LogP contribution in [0, 0.1) is 0 Å². The van der Waals surface area contributed by atoms with Crippen LogP contribution in [-0.4, -0.2) is 21.7 Å². The Labute approximate surface area is 129 Å². The largest absolute Gasteiger partial charge is 0.457 e. The minimum Gasteiger partial charge on any atom is -0.457 e. The number of esters is 1. The lowest BCUT2D eigenvalue weighted by Crippen LogP contribution is -2.07. The molecule has 0 spiro atoms. The quantitative estimate of drug-likeness (QED) is 0.666. The lowest BCUT2D eigenvalue weighted by molar-refractivity contribution is -0.0328. The molecule has 0 saturated carbocycles. The lowest BCUT2D eigenvalue weighted by atomic mass is 10.2. The van der Waals surface area contributed by atoms with Gasteiger partial charge in [-0.3, -0.25) is 5.10 Å². The molecule has 8 heteroatoms. The van der Waals surface area contributed by atoms with E-state index in [2.05, 4.69) is 10.2 Å². The zero-order valence-corrected chi connectivity index (χ0v) is 12.4. The summed E-state index contributed by atoms with van der Waals surface area (Å²) in [5.41, 5.74) is -2.86. The van der Waals surface area contributed by atoms with Gasteiger partial charge < -0.3 is 4.74 Å². The van der Waals surface area contributed by atoms with Gasteiger partial charge in [-0.1, -0.05) is 19.1 Å². The number of aromatic nitrogens is 2. The predicted molar refractivity (Wildman–Crippen MR) is 75.4 cm³/mol. The Bertz CT molecular complexity index is 656. The molecule has 0 saturated heterocycles. The molecule has 0 unspecified atom stereocenters. The smallest absolute Gasteiger partial charge is 0.446 e. The zero-order valence-electron chi connectivity index (χ0n) is 11.6. The van der Waals surface area contributed by atoms with Gasteiger partial charge in [0.05, 0.1) is 6.20 Å². The van der Waals surface area contributed by atoms with E-state index in [1.165, 1.54) is 24.4 Å². The van der Waals surface area contributed by atoms with Gasteiger partial charge in [-0.15, -0.1) is 0 Å². The average molecular weight is 330 g/mol. The SMILES string of the molecule is CCc1[nH]ncc1C(=O)OCc1cccc(SC(F)(F)F)c1. The molecule has 22 heavy (non-hydrogen) atoms. The van der Waals surface area contributed by atoms with Crippen molar-refractivity contribution in [1.82, 2.24) is 10.2 Å². The highest BCUT2D eigenvalue weighted by atomic mass is 32.2. The fraction of sp³-hybridized carbons (Fsp3) is 0.286. The molecule has 2 aromatic rings. The molecule has 2 rings (SSSR count). The summed E-state index contributed by atoms with van der Waals surface area (Å²) < 4.78 is 42.1. The predicted octanol–water partition coefficient (Wildman–Crippen LogP) is 3.94. The third kappa shape index (κ3) is 4.52. The number of rotatable bonds is 5. The van der Waals surface area contributed by atoms with Crippen molar-refractivity contribution in [2.24, 2.45) is 0 Å². The van der Waals surface area contributed by atoms with E-state index in [9.17, 15) is 18.0 Å². The Morgan fingerprint density at radius 2 is 2.18 bits per heavy atom. The molecule has 0 bridgehead atoms. The minimum absolute atomic E-state index is 0.0543. The summed E-state index contributed by atoms with van der Waals surface area (Å²) in [4.78, 5) is 12.0. The fourth-order valence-electron chi connectivity index (χ4n) is 1.82. The number of ether oxygens (including phenoxy) is 1. The van der Waals surface area contributed by atoms with E-state index >= 15 is 0 Å². The van der Waals surface area contributed by atoms with Gasteiger partial charge in [-0.2, -0.15) is 18.3 Å². The zero-order chi connectivity index (χ0) is 16.2. The highest BCUT2D eigenvalue weighted by molar-refractivity contribution is 8.00. The van der Waals surface area contributed by atoms with E-state index in [4.69, 9.17) is 4.74 Å². The topological polar surface area (TPSA) is 55.0 Å². The molecule has 118 valence electrons. The molecule has 4 nitrogen and oxygen atoms in total. The van der Waals surface area contributed by atoms with Gasteiger partial charge in [0, 0.05) is 10.6 Å². The van der Waals surface area contributed by atoms with Gasteiger partial charge in [0.25, 0.3) is 0 Å². The molecule has 0 fully saturated rings. The van der Waals surface area contributed by atoms with Crippen LogP contribution in [0.5, 0.6) is 0 Å². The van der Waals surface area contributed by atoms with E-state index < -0.39 is 11.5 Å². The number of hydrogen-bond donors (Lipinski definition) is 1. The van der Waals surface area contributed by atoms with Crippen LogP contribution in [0.25, 0.3) is 0 Å². The molecule has 0 aliphatic carbocycles. The van der Waals surface area contributed by atoms with Gasteiger partial charge >= 0.3 is 11.5 Å². The number of aryl methyl sites for hydroxylation is 1. The van der Waals surface area contributed by atoms with Crippen LogP contribution in [0.3, 0.4) is 0 Å². The molecular weight excluding hydrogens is 317 g/mol. The van der Waals surface area contributed by atoms with Gasteiger partial charge in [0.2, 0.25) is 0 Å². The van der Waals surface area contributed by atoms with Gasteiger partial charge in [0.15, 0.2) is 0 Å². The third-order valence-corrected chi connectivity index (χ3v) is 3.51. The third-order valence-electron chi connectivity index (χ3n) is 2.79. The summed E-state index contributed by atoms with van der Waals surface area (Å²) in [6, 6.07) is 5.80. The van der Waals surface area contributed by atoms with E-state index in [1.54, 1.807) is 6.07 Å². The van der Waals surface area contributed by atoms with Crippen LogP contribution < -0.4 is 0 Å². The molecule has 0 atom stereocenters. The second-order valence-electron chi connectivity index (χ2n) is 4.39. The summed E-state index contributed by atoms with van der Waals surface area (Å²) >= 11 is -0.202. The Hall–Kier alpha value is -1.96. The maximum Gasteiger partial charge on any atom is 0.446 e. The van der Waals surface area contributed by atoms with Crippen LogP contribution in [0.1, 0.15) is 28.5 Å². The van der Waals surface area contributed by atoms with Crippen molar-refractivity contribution in [1.29, 1.82) is 0 Å². The first-order valence-electron chi connectivity index (χ1n) is 6.43. The number of aromatic amines is 1. The highest BCUT2D eigenvalue weighted by Crippen LogP contribution is 2.37. The highest BCUT2D eigenvalue weighted by Gasteiger charge is 2.29. The first-order valence-corrected chi connectivity index (χ1v) is 7.24. The van der Waals surface area contributed by atoms with Crippen LogP contribution in [0.2, 0.25) is 0 Å². The van der Waals surface area contributed by atoms with Crippen molar-refractivity contribution in [2.75, 3.05) is 0 Å². The number of nitrogens with one attached hydrogen (secondary N) is 1. The summed E-state index contributed by atoms with van der Waals surface area (Å²) in [6.45, 7) is 1.77. The maximum atomic E-state index is 12.3. The Morgan fingerprint density at radius 3 is 2.86 bits per heavy atom. The Balaban J connectivity index is 2.00. The standard InChI is InChI=1S/C14H13F3N2O2S/c1-2-12-11(7-18-19-12)13(20)21-8-9-4-3-5-10(6-9)22-14(15,16)17/h3-7H,2,8H2,1H3,(H,18,19). The lowest BCUT2D eigenvalue weighted by Gasteiger charge is -2.08. The second-order valence-corrected chi connectivity index (χ2v) is 5.53. The molecule has 1 aromatic carbocycles. The number of H-pyrrole nitrogens is 1. The number of alkyl halides is 3. The van der Waals surface area contributed by atoms with Gasteiger partial charge in [-0.25, -0.2) is 4.79 Å². The summed E-state index contributed by atoms with van der Waals surface area (Å²) in [5, 5.41) is 6.46. The normalized spacial score (nSPS) is 11.5. The number of hydrogen-bond acceptors (Lipinski definition) is 4. The molecule has 0 amide bonds. The summed E-state index contributed by atoms with van der Waals surface area (Å²) in [6.07, 6.45) is 1.97. The average Bonchev–Trinajstić information content (AvgIpc) is 2.92. The van der Waals surface area contributed by atoms with Crippen LogP contribution in [0.15, 0.2) is 35.4 Å². The molecular formula is C14H13F3N2O2S. The molecule has 1 aromatic heterocycles. The number of halogens is 3. The van der Waals surface area contributed by atoms with Gasteiger partial charge in [-0.05, 0) is 35.9 Å². The monoisotopic (exact) mass is 330 g/mol. The van der Waals surface area contributed by atoms with Crippen molar-refractivity contribution in [3.8, 4) is 0 Å². The minimum atomic E-state index is -4.35. The van der Waals surface area contributed by atoms with Gasteiger partial charge in [0.1, 0.15) is 12.2 Å². The Kier molecular flexibility index (Phi) is 5.12. The second kappa shape index (κ2) is 6.87. The van der Waals surface area contributed by atoms with Crippen LogP contribution >= 0.6 is 11.8 Å². The van der Waals surface area contributed by atoms with E-state index in [0.717, 1.165) is 0 Å². The van der Waals surface area contributed by atoms with E-state index in [0.29, 0.717) is 23.2 Å². The summed E-state index contributed by atoms with van der Waals surface area (Å²) in [5.74, 6) is -0.556. The van der Waals surface area contributed by atoms with Crippen LogP contribution in [0.4, 0.5) is 13.2 Å². The van der Waals surface area contributed by atoms with E-state index in [1.807, 2.05) is 6.92 Å². The number of thioether (sulfide) groups is 1. The molecule has 0 aliphatic rings. The van der Waals surface area contributed by atoms with Crippen molar-refractivity contribution in [3.05, 3.63) is 47.3 Å². The van der Waals surface area contributed by atoms with Crippen molar-refractivity contribution in [2.45, 2.75) is 30.4 Å². The molecule has 0 radical (unpaired) electrons. The number of nitrogens with zero attached hydrogens (tertiary/aromatic N) is 1. The molecule has 1 N–H and O–H groups in total.